The third-order valence-corrected chi connectivity index (χ3v) is 4.60. The second-order valence-corrected chi connectivity index (χ2v) is 6.80. The molecule has 0 saturated carbocycles. The highest BCUT2D eigenvalue weighted by molar-refractivity contribution is 6.03. The summed E-state index contributed by atoms with van der Waals surface area (Å²) < 4.78 is 7.12. The van der Waals surface area contributed by atoms with Crippen molar-refractivity contribution in [3.05, 3.63) is 100 Å². The Morgan fingerprint density at radius 2 is 1.97 bits per heavy atom. The summed E-state index contributed by atoms with van der Waals surface area (Å²) in [5.74, 6) is 0.117. The zero-order chi connectivity index (χ0) is 22.5. The van der Waals surface area contributed by atoms with E-state index in [0.717, 1.165) is 5.69 Å². The predicted octanol–water partition coefficient (Wildman–Crippen LogP) is 3.71. The molecule has 0 bridgehead atoms. The normalized spacial score (nSPS) is 10.5. The van der Waals surface area contributed by atoms with Crippen LogP contribution in [0.25, 0.3) is 5.69 Å². The number of nitrogens with one attached hydrogen (secondary N) is 1. The molecule has 10 heteroatoms. The number of nitro groups is 1. The molecule has 0 radical (unpaired) electrons. The lowest BCUT2D eigenvalue weighted by Crippen LogP contribution is -2.14. The molecule has 2 aromatic heterocycles. The molecular formula is C22H18N6O4. The number of amides is 1. The van der Waals surface area contributed by atoms with E-state index in [1.54, 1.807) is 49.5 Å². The van der Waals surface area contributed by atoms with E-state index in [9.17, 15) is 14.9 Å². The molecule has 0 atom stereocenters. The van der Waals surface area contributed by atoms with E-state index in [1.165, 1.54) is 16.8 Å². The fraction of sp³-hybridized carbons (Fsp3) is 0.0909. The molecule has 0 aliphatic heterocycles. The molecule has 0 spiro atoms. The number of aromatic nitrogens is 4. The molecule has 32 heavy (non-hydrogen) atoms. The number of nitrogens with zero attached hydrogens (tertiary/aromatic N) is 5. The molecule has 0 unspecified atom stereocenters. The number of ether oxygens (including phenoxy) is 1. The minimum atomic E-state index is -0.494. The van der Waals surface area contributed by atoms with Gasteiger partial charge in [-0.2, -0.15) is 0 Å². The molecule has 0 fully saturated rings. The van der Waals surface area contributed by atoms with Crippen LogP contribution in [0, 0.1) is 17.0 Å². The Balaban J connectivity index is 1.48. The van der Waals surface area contributed by atoms with Crippen LogP contribution in [0.5, 0.6) is 5.75 Å². The minimum Gasteiger partial charge on any atom is -0.487 e. The average molecular weight is 430 g/mol. The van der Waals surface area contributed by atoms with E-state index in [4.69, 9.17) is 4.74 Å². The number of carbonyl (C=O) groups excluding carboxylic acids is 1. The summed E-state index contributed by atoms with van der Waals surface area (Å²) in [5.41, 5.74) is 2.23. The quantitative estimate of drug-likeness (QED) is 0.350. The topological polar surface area (TPSA) is 125 Å². The fourth-order valence-corrected chi connectivity index (χ4v) is 3.02. The van der Waals surface area contributed by atoms with Gasteiger partial charge < -0.3 is 10.1 Å². The van der Waals surface area contributed by atoms with Gasteiger partial charge in [0.25, 0.3) is 11.6 Å². The summed E-state index contributed by atoms with van der Waals surface area (Å²) in [4.78, 5) is 27.5. The number of benzene rings is 2. The average Bonchev–Trinajstić information content (AvgIpc) is 3.20. The summed E-state index contributed by atoms with van der Waals surface area (Å²) in [6.07, 6.45) is 1.69. The smallest absolute Gasteiger partial charge is 0.278 e. The number of hydrogen-bond donors (Lipinski definition) is 1. The summed E-state index contributed by atoms with van der Waals surface area (Å²) in [6, 6.07) is 18.5. The van der Waals surface area contributed by atoms with Crippen LogP contribution >= 0.6 is 0 Å². The number of carbonyl (C=O) groups is 1. The molecule has 2 aromatic carbocycles. The maximum Gasteiger partial charge on any atom is 0.278 e. The highest BCUT2D eigenvalue weighted by atomic mass is 16.6. The molecule has 0 aliphatic carbocycles. The van der Waals surface area contributed by atoms with Crippen molar-refractivity contribution in [2.45, 2.75) is 13.5 Å². The Hall–Kier alpha value is -4.60. The van der Waals surface area contributed by atoms with Crippen molar-refractivity contribution in [1.29, 1.82) is 0 Å². The van der Waals surface area contributed by atoms with Crippen molar-refractivity contribution in [3.63, 3.8) is 0 Å². The molecular weight excluding hydrogens is 412 g/mol. The summed E-state index contributed by atoms with van der Waals surface area (Å²) in [5, 5.41) is 21.7. The van der Waals surface area contributed by atoms with Crippen LogP contribution in [0.2, 0.25) is 0 Å². The van der Waals surface area contributed by atoms with E-state index in [1.807, 2.05) is 18.2 Å². The molecule has 160 valence electrons. The fourth-order valence-electron chi connectivity index (χ4n) is 3.02. The van der Waals surface area contributed by atoms with Gasteiger partial charge in [0.15, 0.2) is 5.69 Å². The standard InChI is InChI=1S/C22H18N6O4/c1-15-21(25-26-27(15)18-8-5-9-19(13-18)28(30)31)22(29)24-16-7-4-10-20(12-16)32-14-17-6-2-3-11-23-17/h2-13H,14H2,1H3,(H,24,29). The predicted molar refractivity (Wildman–Crippen MR) is 116 cm³/mol. The van der Waals surface area contributed by atoms with E-state index in [-0.39, 0.29) is 11.4 Å². The van der Waals surface area contributed by atoms with Crippen molar-refractivity contribution in [2.75, 3.05) is 5.32 Å². The third kappa shape index (κ3) is 4.59. The Morgan fingerprint density at radius 1 is 1.12 bits per heavy atom. The Kier molecular flexibility index (Phi) is 5.84. The molecule has 1 amide bonds. The van der Waals surface area contributed by atoms with E-state index >= 15 is 0 Å². The largest absolute Gasteiger partial charge is 0.487 e. The Bertz CT molecular complexity index is 1270. The van der Waals surface area contributed by atoms with Crippen molar-refractivity contribution in [1.82, 2.24) is 20.0 Å². The second kappa shape index (κ2) is 9.04. The lowest BCUT2D eigenvalue weighted by Gasteiger charge is -2.09. The van der Waals surface area contributed by atoms with Crippen LogP contribution in [0.1, 0.15) is 21.9 Å². The van der Waals surface area contributed by atoms with Crippen LogP contribution in [-0.2, 0) is 6.61 Å². The first kappa shape index (κ1) is 20.7. The Labute approximate surface area is 182 Å². The monoisotopic (exact) mass is 430 g/mol. The molecule has 0 saturated heterocycles. The van der Waals surface area contributed by atoms with Gasteiger partial charge in [0.05, 0.1) is 22.0 Å². The second-order valence-electron chi connectivity index (χ2n) is 6.80. The molecule has 10 nitrogen and oxygen atoms in total. The molecule has 1 N–H and O–H groups in total. The summed E-state index contributed by atoms with van der Waals surface area (Å²) >= 11 is 0. The van der Waals surface area contributed by atoms with Crippen LogP contribution in [0.15, 0.2) is 72.9 Å². The number of pyridine rings is 1. The van der Waals surface area contributed by atoms with Gasteiger partial charge in [-0.05, 0) is 37.3 Å². The minimum absolute atomic E-state index is 0.0779. The van der Waals surface area contributed by atoms with Gasteiger partial charge in [0.1, 0.15) is 12.4 Å². The van der Waals surface area contributed by atoms with Gasteiger partial charge in [-0.15, -0.1) is 5.10 Å². The van der Waals surface area contributed by atoms with Gasteiger partial charge in [0, 0.05) is 30.1 Å². The number of anilines is 1. The zero-order valence-corrected chi connectivity index (χ0v) is 17.0. The maximum absolute atomic E-state index is 12.8. The Morgan fingerprint density at radius 3 is 2.75 bits per heavy atom. The summed E-state index contributed by atoms with van der Waals surface area (Å²) in [6.45, 7) is 1.97. The molecule has 2 heterocycles. The van der Waals surface area contributed by atoms with E-state index in [2.05, 4.69) is 20.6 Å². The van der Waals surface area contributed by atoms with Crippen LogP contribution in [0.4, 0.5) is 11.4 Å². The first-order chi connectivity index (χ1) is 15.5. The first-order valence-electron chi connectivity index (χ1n) is 9.62. The van der Waals surface area contributed by atoms with Crippen LogP contribution in [0.3, 0.4) is 0 Å². The van der Waals surface area contributed by atoms with Gasteiger partial charge in [-0.1, -0.05) is 23.4 Å². The van der Waals surface area contributed by atoms with E-state index in [0.29, 0.717) is 29.4 Å². The number of non-ortho nitro benzene ring substituents is 1. The van der Waals surface area contributed by atoms with Gasteiger partial charge in [-0.3, -0.25) is 19.9 Å². The maximum atomic E-state index is 12.8. The lowest BCUT2D eigenvalue weighted by molar-refractivity contribution is -0.384. The van der Waals surface area contributed by atoms with Gasteiger partial charge in [-0.25, -0.2) is 4.68 Å². The molecule has 4 aromatic rings. The van der Waals surface area contributed by atoms with Crippen molar-refractivity contribution < 1.29 is 14.5 Å². The van der Waals surface area contributed by atoms with Crippen molar-refractivity contribution in [3.8, 4) is 11.4 Å². The van der Waals surface area contributed by atoms with Crippen LogP contribution in [-0.4, -0.2) is 30.8 Å². The van der Waals surface area contributed by atoms with Crippen LogP contribution < -0.4 is 10.1 Å². The summed E-state index contributed by atoms with van der Waals surface area (Å²) in [7, 11) is 0. The third-order valence-electron chi connectivity index (χ3n) is 4.60. The highest BCUT2D eigenvalue weighted by Crippen LogP contribution is 2.21. The lowest BCUT2D eigenvalue weighted by atomic mass is 10.2. The highest BCUT2D eigenvalue weighted by Gasteiger charge is 2.19. The van der Waals surface area contributed by atoms with E-state index < -0.39 is 10.8 Å². The zero-order valence-electron chi connectivity index (χ0n) is 17.0. The van der Waals surface area contributed by atoms with Gasteiger partial charge >= 0.3 is 0 Å². The molecule has 0 aliphatic rings. The first-order valence-corrected chi connectivity index (χ1v) is 9.62. The molecule has 4 rings (SSSR count). The van der Waals surface area contributed by atoms with Crippen molar-refractivity contribution in [2.24, 2.45) is 0 Å². The number of nitro benzene ring substituents is 1. The SMILES string of the molecule is Cc1c(C(=O)Nc2cccc(OCc3ccccn3)c2)nnn1-c1cccc([N+](=O)[O-])c1. The van der Waals surface area contributed by atoms with Crippen molar-refractivity contribution >= 4 is 17.3 Å². The number of rotatable bonds is 7. The number of hydrogen-bond acceptors (Lipinski definition) is 7. The van der Waals surface area contributed by atoms with Gasteiger partial charge in [0.2, 0.25) is 0 Å².